The molecule has 8 heteroatoms. The molecular weight excluding hydrogens is 392 g/mol. The Balaban J connectivity index is 1.39. The Kier molecular flexibility index (Phi) is 4.31. The van der Waals surface area contributed by atoms with E-state index in [1.54, 1.807) is 17.6 Å². The first kappa shape index (κ1) is 17.3. The molecular formula is C20H17N4O2S2+. The highest BCUT2D eigenvalue weighted by atomic mass is 32.1. The maximum Gasteiger partial charge on any atom is 0.260 e. The van der Waals surface area contributed by atoms with Crippen LogP contribution < -0.4 is 10.5 Å². The Bertz CT molecular complexity index is 1280. The van der Waals surface area contributed by atoms with E-state index in [1.807, 2.05) is 35.7 Å². The molecule has 2 N–H and O–H groups in total. The summed E-state index contributed by atoms with van der Waals surface area (Å²) < 4.78 is 6.64. The van der Waals surface area contributed by atoms with Crippen LogP contribution in [0.15, 0.2) is 57.3 Å². The number of H-pyrrole nitrogens is 1. The molecule has 1 aromatic carbocycles. The third-order valence-corrected chi connectivity index (χ3v) is 6.45. The van der Waals surface area contributed by atoms with Crippen LogP contribution in [0, 0.1) is 0 Å². The van der Waals surface area contributed by atoms with Crippen LogP contribution >= 0.6 is 22.7 Å². The Morgan fingerprint density at radius 1 is 1.14 bits per heavy atom. The van der Waals surface area contributed by atoms with Gasteiger partial charge in [-0.25, -0.2) is 9.97 Å². The first-order valence-corrected chi connectivity index (χ1v) is 10.6. The normalized spacial score (nSPS) is 12.8. The van der Waals surface area contributed by atoms with Gasteiger partial charge < -0.3 is 14.3 Å². The maximum absolute atomic E-state index is 12.7. The van der Waals surface area contributed by atoms with Crippen LogP contribution in [0.1, 0.15) is 10.8 Å². The summed E-state index contributed by atoms with van der Waals surface area (Å²) in [7, 11) is 2.08. The van der Waals surface area contributed by atoms with Crippen LogP contribution in [0.3, 0.4) is 0 Å². The highest BCUT2D eigenvalue weighted by Crippen LogP contribution is 2.30. The van der Waals surface area contributed by atoms with Crippen molar-refractivity contribution in [3.63, 3.8) is 0 Å². The van der Waals surface area contributed by atoms with Crippen molar-refractivity contribution in [2.75, 3.05) is 7.05 Å². The fourth-order valence-electron chi connectivity index (χ4n) is 3.29. The Hall–Kier alpha value is -2.81. The Labute approximate surface area is 168 Å². The molecule has 0 radical (unpaired) electrons. The van der Waals surface area contributed by atoms with Crippen molar-refractivity contribution in [2.24, 2.45) is 0 Å². The summed E-state index contributed by atoms with van der Waals surface area (Å²) >= 11 is 3.17. The van der Waals surface area contributed by atoms with Gasteiger partial charge in [-0.3, -0.25) is 4.79 Å². The van der Waals surface area contributed by atoms with E-state index in [9.17, 15) is 4.79 Å². The second-order valence-electron chi connectivity index (χ2n) is 6.71. The minimum absolute atomic E-state index is 0.125. The summed E-state index contributed by atoms with van der Waals surface area (Å²) in [6.07, 6.45) is 1.61. The van der Waals surface area contributed by atoms with Gasteiger partial charge in [0.05, 0.1) is 28.9 Å². The van der Waals surface area contributed by atoms with E-state index < -0.39 is 0 Å². The van der Waals surface area contributed by atoms with Crippen molar-refractivity contribution in [3.05, 3.63) is 69.2 Å². The summed E-state index contributed by atoms with van der Waals surface area (Å²) in [6.45, 7) is 1.40. The molecule has 0 spiro atoms. The number of hydrogen-bond acceptors (Lipinski definition) is 6. The van der Waals surface area contributed by atoms with Gasteiger partial charge in [-0.2, -0.15) is 0 Å². The van der Waals surface area contributed by atoms with Gasteiger partial charge in [0.15, 0.2) is 5.82 Å². The molecule has 0 saturated carbocycles. The number of fused-ring (bicyclic) bond motifs is 2. The van der Waals surface area contributed by atoms with Crippen molar-refractivity contribution in [1.29, 1.82) is 0 Å². The summed E-state index contributed by atoms with van der Waals surface area (Å²) in [5, 5.41) is 3.60. The van der Waals surface area contributed by atoms with Gasteiger partial charge in [-0.1, -0.05) is 12.1 Å². The van der Waals surface area contributed by atoms with E-state index in [0.29, 0.717) is 23.5 Å². The number of rotatable bonds is 5. The molecule has 0 bridgehead atoms. The number of aromatic nitrogens is 3. The molecule has 0 aliphatic rings. The smallest absolute Gasteiger partial charge is 0.260 e. The number of quaternary nitrogens is 1. The van der Waals surface area contributed by atoms with E-state index in [4.69, 9.17) is 9.40 Å². The highest BCUT2D eigenvalue weighted by Gasteiger charge is 2.17. The standard InChI is InChI=1S/C20H16N4O2S2/c1-24(10-17-21-13-5-2-3-7-15(13)28-17)9-16-22-19(25)18-12(11-27-20(18)23-16)14-6-4-8-26-14/h2-8,11H,9-10H2,1H3,(H,22,23,25)/p+1. The lowest BCUT2D eigenvalue weighted by Crippen LogP contribution is -3.06. The molecule has 1 atom stereocenters. The summed E-state index contributed by atoms with van der Waals surface area (Å²) in [4.78, 5) is 26.9. The number of nitrogens with one attached hydrogen (secondary N) is 2. The molecule has 0 fully saturated rings. The lowest BCUT2D eigenvalue weighted by molar-refractivity contribution is -0.908. The van der Waals surface area contributed by atoms with Gasteiger partial charge in [0.1, 0.15) is 28.7 Å². The third kappa shape index (κ3) is 3.15. The molecule has 140 valence electrons. The average molecular weight is 410 g/mol. The third-order valence-electron chi connectivity index (χ3n) is 4.54. The van der Waals surface area contributed by atoms with Gasteiger partial charge in [0.25, 0.3) is 5.56 Å². The molecule has 0 aliphatic carbocycles. The molecule has 5 aromatic rings. The van der Waals surface area contributed by atoms with E-state index in [0.717, 1.165) is 27.5 Å². The van der Waals surface area contributed by atoms with Gasteiger partial charge in [0.2, 0.25) is 0 Å². The van der Waals surface area contributed by atoms with Crippen molar-refractivity contribution in [3.8, 4) is 11.3 Å². The molecule has 0 aliphatic heterocycles. The highest BCUT2D eigenvalue weighted by molar-refractivity contribution is 7.18. The predicted octanol–water partition coefficient (Wildman–Crippen LogP) is 3.07. The zero-order valence-electron chi connectivity index (χ0n) is 15.1. The van der Waals surface area contributed by atoms with Crippen molar-refractivity contribution in [1.82, 2.24) is 15.0 Å². The first-order chi connectivity index (χ1) is 13.7. The number of thiophene rings is 1. The number of benzene rings is 1. The predicted molar refractivity (Wildman–Crippen MR) is 112 cm³/mol. The van der Waals surface area contributed by atoms with Crippen molar-refractivity contribution in [2.45, 2.75) is 13.1 Å². The second kappa shape index (κ2) is 6.97. The van der Waals surface area contributed by atoms with Crippen LogP contribution in [0.5, 0.6) is 0 Å². The van der Waals surface area contributed by atoms with Crippen molar-refractivity contribution >= 4 is 43.1 Å². The number of nitrogens with zero attached hydrogens (tertiary/aromatic N) is 2. The van der Waals surface area contributed by atoms with E-state index in [-0.39, 0.29) is 5.56 Å². The Morgan fingerprint density at radius 3 is 2.86 bits per heavy atom. The largest absolute Gasteiger partial charge is 0.464 e. The fraction of sp³-hybridized carbons (Fsp3) is 0.150. The monoisotopic (exact) mass is 409 g/mol. The fourth-order valence-corrected chi connectivity index (χ4v) is 5.32. The van der Waals surface area contributed by atoms with Gasteiger partial charge in [0, 0.05) is 10.9 Å². The van der Waals surface area contributed by atoms with E-state index in [1.165, 1.54) is 20.9 Å². The lowest BCUT2D eigenvalue weighted by atomic mass is 10.2. The SMILES string of the molecule is C[NH+](Cc1nc2scc(-c3ccco3)c2c(=O)[nH]1)Cc1nc2ccccc2s1. The lowest BCUT2D eigenvalue weighted by Gasteiger charge is -2.11. The molecule has 4 heterocycles. The van der Waals surface area contributed by atoms with Crippen molar-refractivity contribution < 1.29 is 9.32 Å². The van der Waals surface area contributed by atoms with Crippen LogP contribution in [-0.4, -0.2) is 22.0 Å². The summed E-state index contributed by atoms with van der Waals surface area (Å²) in [6, 6.07) is 11.8. The van der Waals surface area contributed by atoms with Crippen LogP contribution in [0.25, 0.3) is 31.8 Å². The average Bonchev–Trinajstić information content (AvgIpc) is 3.39. The number of thiazole rings is 1. The van der Waals surface area contributed by atoms with Crippen LogP contribution in [0.4, 0.5) is 0 Å². The maximum atomic E-state index is 12.7. The zero-order chi connectivity index (χ0) is 19.1. The zero-order valence-corrected chi connectivity index (χ0v) is 16.7. The summed E-state index contributed by atoms with van der Waals surface area (Å²) in [5.41, 5.74) is 1.70. The van der Waals surface area contributed by atoms with Gasteiger partial charge in [-0.15, -0.1) is 22.7 Å². The molecule has 0 saturated heterocycles. The Morgan fingerprint density at radius 2 is 2.04 bits per heavy atom. The van der Waals surface area contributed by atoms with E-state index in [2.05, 4.69) is 23.1 Å². The minimum Gasteiger partial charge on any atom is -0.464 e. The molecule has 4 aromatic heterocycles. The van der Waals surface area contributed by atoms with E-state index >= 15 is 0 Å². The number of aromatic amines is 1. The van der Waals surface area contributed by atoms with Crippen LogP contribution in [0.2, 0.25) is 0 Å². The molecule has 6 nitrogen and oxygen atoms in total. The quantitative estimate of drug-likeness (QED) is 0.468. The summed E-state index contributed by atoms with van der Waals surface area (Å²) in [5.74, 6) is 1.37. The minimum atomic E-state index is -0.125. The second-order valence-corrected chi connectivity index (χ2v) is 8.68. The molecule has 0 amide bonds. The molecule has 1 unspecified atom stereocenters. The molecule has 28 heavy (non-hydrogen) atoms. The topological polar surface area (TPSA) is 76.2 Å². The van der Waals surface area contributed by atoms with Gasteiger partial charge in [-0.05, 0) is 24.3 Å². The number of para-hydroxylation sites is 1. The number of furan rings is 1. The van der Waals surface area contributed by atoms with Crippen LogP contribution in [-0.2, 0) is 13.1 Å². The van der Waals surface area contributed by atoms with Gasteiger partial charge >= 0.3 is 0 Å². The number of hydrogen-bond donors (Lipinski definition) is 2. The first-order valence-electron chi connectivity index (χ1n) is 8.87. The molecule has 5 rings (SSSR count).